The molecule has 0 saturated carbocycles. The van der Waals surface area contributed by atoms with Gasteiger partial charge in [-0.05, 0) is 39.0 Å². The fraction of sp³-hybridized carbons (Fsp3) is 0.714. The average Bonchev–Trinajstić information content (AvgIpc) is 2.77. The van der Waals surface area contributed by atoms with E-state index in [2.05, 4.69) is 4.98 Å². The van der Waals surface area contributed by atoms with Gasteiger partial charge in [0, 0.05) is 18.7 Å². The smallest absolute Gasteiger partial charge is 0.389 e. The number of carbonyl (C=O) groups is 1. The number of halogens is 3. The predicted octanol–water partition coefficient (Wildman–Crippen LogP) is 3.28. The molecule has 21 heavy (non-hydrogen) atoms. The highest BCUT2D eigenvalue weighted by Crippen LogP contribution is 2.26. The van der Waals surface area contributed by atoms with Crippen molar-refractivity contribution >= 4 is 5.97 Å². The Morgan fingerprint density at radius 1 is 1.33 bits per heavy atom. The molecule has 0 N–H and O–H groups in total. The Morgan fingerprint density at radius 2 is 2.05 bits per heavy atom. The molecule has 7 heteroatoms. The number of ether oxygens (including phenoxy) is 1. The van der Waals surface area contributed by atoms with Gasteiger partial charge in [-0.15, -0.1) is 0 Å². The van der Waals surface area contributed by atoms with Gasteiger partial charge >= 0.3 is 12.1 Å². The third-order valence-electron chi connectivity index (χ3n) is 3.53. The van der Waals surface area contributed by atoms with E-state index in [-0.39, 0.29) is 25.4 Å². The molecule has 118 valence electrons. The zero-order valence-electron chi connectivity index (χ0n) is 12.0. The third kappa shape index (κ3) is 3.98. The molecule has 0 aromatic carbocycles. The van der Waals surface area contributed by atoms with Gasteiger partial charge in [-0.25, -0.2) is 9.78 Å². The van der Waals surface area contributed by atoms with Gasteiger partial charge in [0.25, 0.3) is 0 Å². The van der Waals surface area contributed by atoms with Crippen molar-refractivity contribution in [1.82, 2.24) is 9.55 Å². The minimum absolute atomic E-state index is 0.0568. The van der Waals surface area contributed by atoms with Crippen molar-refractivity contribution in [3.05, 3.63) is 17.2 Å². The average molecular weight is 304 g/mol. The fourth-order valence-electron chi connectivity index (χ4n) is 2.63. The first kappa shape index (κ1) is 15.9. The van der Waals surface area contributed by atoms with E-state index in [1.54, 1.807) is 11.5 Å². The first-order chi connectivity index (χ1) is 9.92. The van der Waals surface area contributed by atoms with E-state index in [1.165, 1.54) is 0 Å². The first-order valence-corrected chi connectivity index (χ1v) is 7.24. The normalized spacial score (nSPS) is 14.9. The SMILES string of the molecule is CCOC(=O)c1nc2c(n1CCCC(F)(F)F)CCCC2. The summed E-state index contributed by atoms with van der Waals surface area (Å²) in [5, 5.41) is 0. The lowest BCUT2D eigenvalue weighted by Crippen LogP contribution is -2.17. The lowest BCUT2D eigenvalue weighted by Gasteiger charge is -2.15. The molecule has 0 aliphatic heterocycles. The van der Waals surface area contributed by atoms with E-state index in [0.717, 1.165) is 37.1 Å². The van der Waals surface area contributed by atoms with Gasteiger partial charge in [0.15, 0.2) is 0 Å². The molecular weight excluding hydrogens is 285 g/mol. The largest absolute Gasteiger partial charge is 0.460 e. The third-order valence-corrected chi connectivity index (χ3v) is 3.53. The summed E-state index contributed by atoms with van der Waals surface area (Å²) >= 11 is 0. The van der Waals surface area contributed by atoms with Gasteiger partial charge in [-0.1, -0.05) is 0 Å². The maximum atomic E-state index is 12.3. The van der Waals surface area contributed by atoms with Gasteiger partial charge in [-0.3, -0.25) is 0 Å². The van der Waals surface area contributed by atoms with E-state index in [1.807, 2.05) is 0 Å². The van der Waals surface area contributed by atoms with Crippen LogP contribution in [0.3, 0.4) is 0 Å². The second kappa shape index (κ2) is 6.49. The van der Waals surface area contributed by atoms with Crippen LogP contribution in [0.2, 0.25) is 0 Å². The maximum absolute atomic E-state index is 12.3. The number of hydrogen-bond acceptors (Lipinski definition) is 3. The topological polar surface area (TPSA) is 44.1 Å². The second-order valence-corrected chi connectivity index (χ2v) is 5.13. The highest BCUT2D eigenvalue weighted by atomic mass is 19.4. The molecule has 0 spiro atoms. The minimum atomic E-state index is -4.18. The highest BCUT2D eigenvalue weighted by molar-refractivity contribution is 5.86. The van der Waals surface area contributed by atoms with Gasteiger partial charge < -0.3 is 9.30 Å². The Hall–Kier alpha value is -1.53. The zero-order valence-corrected chi connectivity index (χ0v) is 12.0. The van der Waals surface area contributed by atoms with Crippen molar-refractivity contribution in [3.8, 4) is 0 Å². The summed E-state index contributed by atoms with van der Waals surface area (Å²) in [6.45, 7) is 2.06. The van der Waals surface area contributed by atoms with Crippen LogP contribution in [0.1, 0.15) is 54.6 Å². The Labute approximate surface area is 121 Å². The van der Waals surface area contributed by atoms with Crippen LogP contribution in [-0.4, -0.2) is 28.3 Å². The van der Waals surface area contributed by atoms with Crippen molar-refractivity contribution < 1.29 is 22.7 Å². The van der Waals surface area contributed by atoms with Crippen molar-refractivity contribution in [1.29, 1.82) is 0 Å². The number of rotatable bonds is 5. The van der Waals surface area contributed by atoms with Crippen LogP contribution in [0.15, 0.2) is 0 Å². The van der Waals surface area contributed by atoms with E-state index in [9.17, 15) is 18.0 Å². The van der Waals surface area contributed by atoms with Crippen LogP contribution in [0, 0.1) is 0 Å². The molecule has 1 aliphatic rings. The molecule has 0 saturated heterocycles. The van der Waals surface area contributed by atoms with Crippen molar-refractivity contribution in [3.63, 3.8) is 0 Å². The molecule has 0 unspecified atom stereocenters. The molecule has 0 amide bonds. The lowest BCUT2D eigenvalue weighted by atomic mass is 10.0. The van der Waals surface area contributed by atoms with E-state index < -0.39 is 18.6 Å². The van der Waals surface area contributed by atoms with Crippen molar-refractivity contribution in [2.45, 2.75) is 58.2 Å². The number of imidazole rings is 1. The number of aryl methyl sites for hydroxylation is 1. The van der Waals surface area contributed by atoms with Crippen LogP contribution in [0.5, 0.6) is 0 Å². The Kier molecular flexibility index (Phi) is 4.90. The first-order valence-electron chi connectivity index (χ1n) is 7.24. The predicted molar refractivity (Wildman–Crippen MR) is 70.1 cm³/mol. The molecule has 1 aromatic rings. The highest BCUT2D eigenvalue weighted by Gasteiger charge is 2.28. The van der Waals surface area contributed by atoms with E-state index in [0.29, 0.717) is 0 Å². The molecule has 1 aliphatic carbocycles. The van der Waals surface area contributed by atoms with Crippen LogP contribution in [-0.2, 0) is 24.1 Å². The molecule has 0 radical (unpaired) electrons. The fourth-order valence-corrected chi connectivity index (χ4v) is 2.63. The summed E-state index contributed by atoms with van der Waals surface area (Å²) in [5.74, 6) is -0.412. The molecule has 1 aromatic heterocycles. The Bertz CT molecular complexity index is 509. The number of alkyl halides is 3. The van der Waals surface area contributed by atoms with Gasteiger partial charge in [-0.2, -0.15) is 13.2 Å². The minimum Gasteiger partial charge on any atom is -0.460 e. The quantitative estimate of drug-likeness (QED) is 0.784. The van der Waals surface area contributed by atoms with Crippen molar-refractivity contribution in [2.75, 3.05) is 6.61 Å². The maximum Gasteiger partial charge on any atom is 0.389 e. The van der Waals surface area contributed by atoms with E-state index in [4.69, 9.17) is 4.74 Å². The summed E-state index contributed by atoms with van der Waals surface area (Å²) in [7, 11) is 0. The van der Waals surface area contributed by atoms with Gasteiger partial charge in [0.2, 0.25) is 5.82 Å². The van der Waals surface area contributed by atoms with Gasteiger partial charge in [0.05, 0.1) is 12.3 Å². The summed E-state index contributed by atoms with van der Waals surface area (Å²) in [4.78, 5) is 16.2. The number of nitrogens with zero attached hydrogens (tertiary/aromatic N) is 2. The number of esters is 1. The Balaban J connectivity index is 2.19. The summed E-state index contributed by atoms with van der Waals surface area (Å²) < 4.78 is 43.4. The number of hydrogen-bond donors (Lipinski definition) is 0. The van der Waals surface area contributed by atoms with Crippen LogP contribution in [0.25, 0.3) is 0 Å². The van der Waals surface area contributed by atoms with Crippen molar-refractivity contribution in [2.24, 2.45) is 0 Å². The number of carbonyl (C=O) groups excluding carboxylic acids is 1. The van der Waals surface area contributed by atoms with Crippen LogP contribution >= 0.6 is 0 Å². The molecule has 1 heterocycles. The lowest BCUT2D eigenvalue weighted by molar-refractivity contribution is -0.135. The van der Waals surface area contributed by atoms with Crippen LogP contribution in [0.4, 0.5) is 13.2 Å². The molecule has 0 atom stereocenters. The van der Waals surface area contributed by atoms with Gasteiger partial charge in [0.1, 0.15) is 0 Å². The zero-order chi connectivity index (χ0) is 15.5. The molecule has 4 nitrogen and oxygen atoms in total. The van der Waals surface area contributed by atoms with E-state index >= 15 is 0 Å². The second-order valence-electron chi connectivity index (χ2n) is 5.13. The Morgan fingerprint density at radius 3 is 2.71 bits per heavy atom. The summed E-state index contributed by atoms with van der Waals surface area (Å²) in [6.07, 6.45) is -1.59. The summed E-state index contributed by atoms with van der Waals surface area (Å²) in [5.41, 5.74) is 1.72. The molecule has 2 rings (SSSR count). The standard InChI is InChI=1S/C14H19F3N2O2/c1-2-21-13(20)12-18-10-6-3-4-7-11(10)19(12)9-5-8-14(15,16)17/h2-9H2,1H3. The number of fused-ring (bicyclic) bond motifs is 1. The molecule has 0 fully saturated rings. The molecular formula is C14H19F3N2O2. The molecule has 0 bridgehead atoms. The number of aromatic nitrogens is 2. The summed E-state index contributed by atoms with van der Waals surface area (Å²) in [6, 6.07) is 0. The van der Waals surface area contributed by atoms with Crippen LogP contribution < -0.4 is 0 Å². The monoisotopic (exact) mass is 304 g/mol.